The third kappa shape index (κ3) is 5.39. The molecule has 0 saturated carbocycles. The zero-order valence-electron chi connectivity index (χ0n) is 14.3. The van der Waals surface area contributed by atoms with E-state index < -0.39 is 0 Å². The van der Waals surface area contributed by atoms with Crippen LogP contribution in [0.1, 0.15) is 38.3 Å². The molecule has 2 rings (SSSR count). The van der Waals surface area contributed by atoms with Crippen molar-refractivity contribution in [2.45, 2.75) is 45.1 Å². The summed E-state index contributed by atoms with van der Waals surface area (Å²) in [6.45, 7) is 7.35. The van der Waals surface area contributed by atoms with Crippen LogP contribution in [-0.4, -0.2) is 30.3 Å². The first-order valence-corrected chi connectivity index (χ1v) is 8.31. The fraction of sp³-hybridized carbons (Fsp3) is 0.526. The van der Waals surface area contributed by atoms with Gasteiger partial charge in [-0.05, 0) is 29.4 Å². The predicted octanol–water partition coefficient (Wildman–Crippen LogP) is 2.76. The maximum absolute atomic E-state index is 11.9. The Morgan fingerprint density at radius 1 is 1.22 bits per heavy atom. The zero-order valence-corrected chi connectivity index (χ0v) is 14.3. The van der Waals surface area contributed by atoms with Gasteiger partial charge in [-0.2, -0.15) is 0 Å². The Balaban J connectivity index is 1.70. The summed E-state index contributed by atoms with van der Waals surface area (Å²) in [5, 5.41) is 14.9. The van der Waals surface area contributed by atoms with Crippen molar-refractivity contribution >= 4 is 6.03 Å². The molecule has 4 heteroatoms. The number of urea groups is 1. The van der Waals surface area contributed by atoms with Gasteiger partial charge in [-0.25, -0.2) is 4.79 Å². The molecule has 4 nitrogen and oxygen atoms in total. The second-order valence-corrected chi connectivity index (χ2v) is 7.27. The standard InChI is InChI=1S/C19H28N2O2/c1-19(2,3)16-7-4-14(5-8-16)10-11-20-18(23)21-17-9-6-15(12-17)13-22/h4-9,15,17,22H,10-13H2,1-3H3,(H2,20,21,23)/t15-,17+/m0/s1. The Kier molecular flexibility index (Phi) is 5.83. The van der Waals surface area contributed by atoms with Gasteiger partial charge in [-0.1, -0.05) is 57.2 Å². The third-order valence-electron chi connectivity index (χ3n) is 4.24. The highest BCUT2D eigenvalue weighted by Gasteiger charge is 2.19. The van der Waals surface area contributed by atoms with Gasteiger partial charge in [0, 0.05) is 25.1 Å². The number of carbonyl (C=O) groups excluding carboxylic acids is 1. The smallest absolute Gasteiger partial charge is 0.315 e. The molecule has 2 amide bonds. The molecule has 0 aliphatic heterocycles. The molecule has 0 saturated heterocycles. The number of rotatable bonds is 5. The average Bonchev–Trinajstić information content (AvgIpc) is 2.94. The van der Waals surface area contributed by atoms with Crippen molar-refractivity contribution in [2.24, 2.45) is 5.92 Å². The Morgan fingerprint density at radius 3 is 2.48 bits per heavy atom. The summed E-state index contributed by atoms with van der Waals surface area (Å²) in [5.74, 6) is 0.168. The molecule has 0 unspecified atom stereocenters. The zero-order chi connectivity index (χ0) is 16.9. The lowest BCUT2D eigenvalue weighted by Gasteiger charge is -2.19. The molecule has 1 aromatic rings. The minimum atomic E-state index is -0.149. The molecular weight excluding hydrogens is 288 g/mol. The van der Waals surface area contributed by atoms with Gasteiger partial charge in [0.2, 0.25) is 0 Å². The molecule has 23 heavy (non-hydrogen) atoms. The van der Waals surface area contributed by atoms with Crippen LogP contribution in [0.3, 0.4) is 0 Å². The van der Waals surface area contributed by atoms with Gasteiger partial charge >= 0.3 is 6.03 Å². The predicted molar refractivity (Wildman–Crippen MR) is 93.5 cm³/mol. The largest absolute Gasteiger partial charge is 0.396 e. The van der Waals surface area contributed by atoms with Gasteiger partial charge in [-0.3, -0.25) is 0 Å². The van der Waals surface area contributed by atoms with Crippen LogP contribution in [0.2, 0.25) is 0 Å². The average molecular weight is 316 g/mol. The first kappa shape index (κ1) is 17.5. The fourth-order valence-corrected chi connectivity index (χ4v) is 2.73. The number of hydrogen-bond donors (Lipinski definition) is 3. The molecule has 1 aromatic carbocycles. The van der Waals surface area contributed by atoms with Crippen LogP contribution in [0.4, 0.5) is 4.79 Å². The summed E-state index contributed by atoms with van der Waals surface area (Å²) in [6.07, 6.45) is 5.50. The van der Waals surface area contributed by atoms with Crippen molar-refractivity contribution in [2.75, 3.05) is 13.2 Å². The fourth-order valence-electron chi connectivity index (χ4n) is 2.73. The topological polar surface area (TPSA) is 61.4 Å². The van der Waals surface area contributed by atoms with Crippen molar-refractivity contribution < 1.29 is 9.90 Å². The number of hydrogen-bond acceptors (Lipinski definition) is 2. The molecule has 126 valence electrons. The van der Waals surface area contributed by atoms with E-state index in [1.165, 1.54) is 11.1 Å². The second-order valence-electron chi connectivity index (χ2n) is 7.27. The highest BCUT2D eigenvalue weighted by molar-refractivity contribution is 5.74. The summed E-state index contributed by atoms with van der Waals surface area (Å²) >= 11 is 0. The van der Waals surface area contributed by atoms with Crippen LogP contribution in [-0.2, 0) is 11.8 Å². The van der Waals surface area contributed by atoms with Crippen LogP contribution < -0.4 is 10.6 Å². The highest BCUT2D eigenvalue weighted by atomic mass is 16.3. The molecule has 3 N–H and O–H groups in total. The lowest BCUT2D eigenvalue weighted by Crippen LogP contribution is -2.41. The van der Waals surface area contributed by atoms with Gasteiger partial charge in [0.25, 0.3) is 0 Å². The Labute approximate surface area is 139 Å². The van der Waals surface area contributed by atoms with Gasteiger partial charge in [0.15, 0.2) is 0 Å². The Hall–Kier alpha value is -1.81. The number of benzene rings is 1. The van der Waals surface area contributed by atoms with E-state index in [2.05, 4.69) is 55.7 Å². The number of carbonyl (C=O) groups is 1. The highest BCUT2D eigenvalue weighted by Crippen LogP contribution is 2.22. The third-order valence-corrected chi connectivity index (χ3v) is 4.24. The van der Waals surface area contributed by atoms with Crippen LogP contribution in [0.5, 0.6) is 0 Å². The molecule has 0 radical (unpaired) electrons. The van der Waals surface area contributed by atoms with E-state index in [1.54, 1.807) is 0 Å². The molecule has 0 spiro atoms. The minimum absolute atomic E-state index is 0.0261. The molecule has 0 aromatic heterocycles. The summed E-state index contributed by atoms with van der Waals surface area (Å²) in [7, 11) is 0. The minimum Gasteiger partial charge on any atom is -0.396 e. The van der Waals surface area contributed by atoms with E-state index in [0.29, 0.717) is 6.54 Å². The van der Waals surface area contributed by atoms with Crippen LogP contribution in [0.25, 0.3) is 0 Å². The monoisotopic (exact) mass is 316 g/mol. The number of aliphatic hydroxyl groups excluding tert-OH is 1. The first-order valence-electron chi connectivity index (χ1n) is 8.31. The van der Waals surface area contributed by atoms with Gasteiger partial charge in [-0.15, -0.1) is 0 Å². The van der Waals surface area contributed by atoms with Crippen LogP contribution >= 0.6 is 0 Å². The van der Waals surface area contributed by atoms with Crippen molar-refractivity contribution in [3.05, 3.63) is 47.5 Å². The summed E-state index contributed by atoms with van der Waals surface area (Å²) in [5.41, 5.74) is 2.70. The molecule has 1 aliphatic rings. The van der Waals surface area contributed by atoms with Crippen molar-refractivity contribution in [3.63, 3.8) is 0 Å². The normalized spacial score (nSPS) is 20.5. The molecule has 0 heterocycles. The second kappa shape index (κ2) is 7.64. The maximum Gasteiger partial charge on any atom is 0.315 e. The lowest BCUT2D eigenvalue weighted by molar-refractivity contribution is 0.231. The maximum atomic E-state index is 11.9. The van der Waals surface area contributed by atoms with Crippen molar-refractivity contribution in [3.8, 4) is 0 Å². The Morgan fingerprint density at radius 2 is 1.91 bits per heavy atom. The summed E-state index contributed by atoms with van der Waals surface area (Å²) in [4.78, 5) is 11.9. The van der Waals surface area contributed by atoms with E-state index in [9.17, 15) is 4.79 Å². The number of nitrogens with one attached hydrogen (secondary N) is 2. The molecule has 1 aliphatic carbocycles. The van der Waals surface area contributed by atoms with E-state index in [0.717, 1.165) is 12.8 Å². The van der Waals surface area contributed by atoms with Gasteiger partial charge in [0.1, 0.15) is 0 Å². The van der Waals surface area contributed by atoms with E-state index >= 15 is 0 Å². The Bertz CT molecular complexity index is 543. The molecule has 0 bridgehead atoms. The van der Waals surface area contributed by atoms with Crippen LogP contribution in [0, 0.1) is 5.92 Å². The van der Waals surface area contributed by atoms with Crippen molar-refractivity contribution in [1.29, 1.82) is 0 Å². The van der Waals surface area contributed by atoms with Crippen molar-refractivity contribution in [1.82, 2.24) is 10.6 Å². The van der Waals surface area contributed by atoms with E-state index in [1.807, 2.05) is 12.2 Å². The number of amides is 2. The quantitative estimate of drug-likeness (QED) is 0.732. The molecule has 0 fully saturated rings. The van der Waals surface area contributed by atoms with Gasteiger partial charge in [0.05, 0.1) is 0 Å². The summed E-state index contributed by atoms with van der Waals surface area (Å²) in [6, 6.07) is 8.46. The first-order chi connectivity index (χ1) is 10.9. The lowest BCUT2D eigenvalue weighted by atomic mass is 9.86. The summed E-state index contributed by atoms with van der Waals surface area (Å²) < 4.78 is 0. The molecular formula is C19H28N2O2. The molecule has 2 atom stereocenters. The van der Waals surface area contributed by atoms with E-state index in [4.69, 9.17) is 5.11 Å². The SMILES string of the molecule is CC(C)(C)c1ccc(CCNC(=O)N[C@@H]2C=C[C@H](CO)C2)cc1. The van der Waals surface area contributed by atoms with Gasteiger partial charge < -0.3 is 15.7 Å². The van der Waals surface area contributed by atoms with Crippen LogP contribution in [0.15, 0.2) is 36.4 Å². The number of aliphatic hydroxyl groups is 1. The van der Waals surface area contributed by atoms with E-state index in [-0.39, 0.29) is 30.0 Å².